The first-order valence-electron chi connectivity index (χ1n) is 10.7. The first-order valence-corrected chi connectivity index (χ1v) is 11.8. The third kappa shape index (κ3) is 6.80. The van der Waals surface area contributed by atoms with Crippen molar-refractivity contribution >= 4 is 17.7 Å². The molecule has 0 aliphatic carbocycles. The van der Waals surface area contributed by atoms with E-state index in [0.29, 0.717) is 12.1 Å². The molecule has 0 saturated carbocycles. The average Bonchev–Trinajstić information content (AvgIpc) is 3.13. The summed E-state index contributed by atoms with van der Waals surface area (Å²) in [5, 5.41) is 6.98. The molecule has 2 aliphatic heterocycles. The van der Waals surface area contributed by atoms with Crippen LogP contribution < -0.4 is 10.6 Å². The lowest BCUT2D eigenvalue weighted by Gasteiger charge is -2.42. The van der Waals surface area contributed by atoms with Gasteiger partial charge in [-0.2, -0.15) is 11.8 Å². The number of thioether (sulfide) groups is 1. The Morgan fingerprint density at radius 3 is 2.44 bits per heavy atom. The summed E-state index contributed by atoms with van der Waals surface area (Å²) in [6, 6.07) is 1.12. The molecule has 27 heavy (non-hydrogen) atoms. The van der Waals surface area contributed by atoms with Crippen LogP contribution in [-0.4, -0.2) is 97.4 Å². The van der Waals surface area contributed by atoms with Crippen molar-refractivity contribution < 1.29 is 4.74 Å². The highest BCUT2D eigenvalue weighted by Gasteiger charge is 2.40. The van der Waals surface area contributed by atoms with E-state index in [0.717, 1.165) is 58.4 Å². The summed E-state index contributed by atoms with van der Waals surface area (Å²) < 4.78 is 5.57. The van der Waals surface area contributed by atoms with Gasteiger partial charge in [0.05, 0.1) is 25.3 Å². The summed E-state index contributed by atoms with van der Waals surface area (Å²) >= 11 is 2.07. The Hall–Kier alpha value is -0.500. The molecular formula is C20H41N5OS. The van der Waals surface area contributed by atoms with E-state index in [4.69, 9.17) is 9.73 Å². The smallest absolute Gasteiger partial charge is 0.191 e. The van der Waals surface area contributed by atoms with E-state index >= 15 is 0 Å². The van der Waals surface area contributed by atoms with E-state index in [1.165, 1.54) is 17.9 Å². The summed E-state index contributed by atoms with van der Waals surface area (Å²) in [6.45, 7) is 18.7. The van der Waals surface area contributed by atoms with Crippen molar-refractivity contribution in [3.63, 3.8) is 0 Å². The second-order valence-corrected chi connectivity index (χ2v) is 9.28. The molecule has 6 nitrogen and oxygen atoms in total. The lowest BCUT2D eigenvalue weighted by atomic mass is 9.96. The van der Waals surface area contributed by atoms with E-state index in [-0.39, 0.29) is 5.54 Å². The first-order chi connectivity index (χ1) is 13.0. The minimum atomic E-state index is 0.207. The fourth-order valence-electron chi connectivity index (χ4n) is 4.09. The second-order valence-electron chi connectivity index (χ2n) is 8.17. The Labute approximate surface area is 170 Å². The van der Waals surface area contributed by atoms with Crippen LogP contribution in [0, 0.1) is 0 Å². The van der Waals surface area contributed by atoms with Crippen LogP contribution in [0.1, 0.15) is 41.0 Å². The van der Waals surface area contributed by atoms with E-state index in [9.17, 15) is 0 Å². The zero-order valence-electron chi connectivity index (χ0n) is 18.1. The van der Waals surface area contributed by atoms with Crippen molar-refractivity contribution in [2.24, 2.45) is 4.99 Å². The van der Waals surface area contributed by atoms with Gasteiger partial charge in [0, 0.05) is 50.6 Å². The Morgan fingerprint density at radius 1 is 1.19 bits per heavy atom. The molecule has 2 fully saturated rings. The number of nitrogens with one attached hydrogen (secondary N) is 2. The molecule has 0 aromatic carbocycles. The van der Waals surface area contributed by atoms with Crippen LogP contribution in [0.4, 0.5) is 0 Å². The van der Waals surface area contributed by atoms with Gasteiger partial charge in [-0.15, -0.1) is 0 Å². The van der Waals surface area contributed by atoms with Crippen molar-refractivity contribution in [2.45, 2.75) is 58.7 Å². The third-order valence-corrected chi connectivity index (χ3v) is 6.86. The van der Waals surface area contributed by atoms with Crippen LogP contribution in [0.2, 0.25) is 0 Å². The number of guanidine groups is 1. The van der Waals surface area contributed by atoms with Crippen molar-refractivity contribution in [2.75, 3.05) is 64.0 Å². The number of morpholine rings is 1. The Balaban J connectivity index is 1.94. The minimum Gasteiger partial charge on any atom is -0.379 e. The molecular weight excluding hydrogens is 358 g/mol. The fourth-order valence-corrected chi connectivity index (χ4v) is 5.56. The molecule has 7 heteroatoms. The molecule has 0 radical (unpaired) electrons. The van der Waals surface area contributed by atoms with Gasteiger partial charge in [0.15, 0.2) is 5.96 Å². The van der Waals surface area contributed by atoms with Crippen LogP contribution in [0.25, 0.3) is 0 Å². The molecule has 0 bridgehead atoms. The molecule has 158 valence electrons. The van der Waals surface area contributed by atoms with E-state index in [1.807, 2.05) is 0 Å². The number of ether oxygens (including phenoxy) is 1. The largest absolute Gasteiger partial charge is 0.379 e. The molecule has 2 heterocycles. The summed E-state index contributed by atoms with van der Waals surface area (Å²) in [7, 11) is 0. The predicted molar refractivity (Wildman–Crippen MR) is 118 cm³/mol. The minimum absolute atomic E-state index is 0.207. The number of hydrogen-bond acceptors (Lipinski definition) is 5. The molecule has 2 rings (SSSR count). The van der Waals surface area contributed by atoms with Gasteiger partial charge in [0.2, 0.25) is 0 Å². The number of aliphatic imine (C=N–C) groups is 1. The van der Waals surface area contributed by atoms with Gasteiger partial charge in [-0.3, -0.25) is 14.8 Å². The van der Waals surface area contributed by atoms with Gasteiger partial charge in [-0.1, -0.05) is 0 Å². The molecule has 0 amide bonds. The fraction of sp³-hybridized carbons (Fsp3) is 0.950. The Bertz CT molecular complexity index is 438. The summed E-state index contributed by atoms with van der Waals surface area (Å²) in [5.74, 6) is 3.38. The van der Waals surface area contributed by atoms with Gasteiger partial charge in [0.25, 0.3) is 0 Å². The standard InChI is InChI=1S/C20H41N5OS/c1-6-21-19(22-8-9-25(17(2)3)18(4)5)23-15-20(7-14-27-16-20)24-10-12-26-13-11-24/h17-18H,6-16H2,1-5H3,(H2,21,22,23). The molecule has 2 saturated heterocycles. The third-order valence-electron chi connectivity index (χ3n) is 5.63. The highest BCUT2D eigenvalue weighted by atomic mass is 32.2. The van der Waals surface area contributed by atoms with Crippen molar-refractivity contribution in [3.8, 4) is 0 Å². The second kappa shape index (κ2) is 11.5. The first kappa shape index (κ1) is 22.8. The SMILES string of the molecule is CCNC(=NCC1(N2CCOCC2)CCSC1)NCCN(C(C)C)C(C)C. The normalized spacial score (nSPS) is 25.0. The molecule has 1 unspecified atom stereocenters. The summed E-state index contributed by atoms with van der Waals surface area (Å²) in [4.78, 5) is 10.2. The summed E-state index contributed by atoms with van der Waals surface area (Å²) in [6.07, 6.45) is 1.23. The number of nitrogens with zero attached hydrogens (tertiary/aromatic N) is 3. The number of hydrogen-bond donors (Lipinski definition) is 2. The maximum atomic E-state index is 5.57. The van der Waals surface area contributed by atoms with Crippen LogP contribution in [0.15, 0.2) is 4.99 Å². The molecule has 0 aromatic rings. The van der Waals surface area contributed by atoms with Crippen LogP contribution in [0.5, 0.6) is 0 Å². The van der Waals surface area contributed by atoms with Crippen LogP contribution >= 0.6 is 11.8 Å². The lowest BCUT2D eigenvalue weighted by molar-refractivity contribution is -0.0104. The molecule has 0 spiro atoms. The zero-order valence-corrected chi connectivity index (χ0v) is 18.9. The van der Waals surface area contributed by atoms with Gasteiger partial charge in [0.1, 0.15) is 0 Å². The van der Waals surface area contributed by atoms with Crippen molar-refractivity contribution in [1.29, 1.82) is 0 Å². The van der Waals surface area contributed by atoms with Crippen LogP contribution in [-0.2, 0) is 4.74 Å². The molecule has 2 aliphatic rings. The van der Waals surface area contributed by atoms with Gasteiger partial charge >= 0.3 is 0 Å². The summed E-state index contributed by atoms with van der Waals surface area (Å²) in [5.41, 5.74) is 0.207. The maximum absolute atomic E-state index is 5.57. The monoisotopic (exact) mass is 399 g/mol. The predicted octanol–water partition coefficient (Wildman–Crippen LogP) is 1.87. The van der Waals surface area contributed by atoms with Gasteiger partial charge in [-0.05, 0) is 46.8 Å². The zero-order chi connectivity index (χ0) is 19.7. The lowest BCUT2D eigenvalue weighted by Crippen LogP contribution is -2.56. The molecule has 2 N–H and O–H groups in total. The topological polar surface area (TPSA) is 52.1 Å². The van der Waals surface area contributed by atoms with E-state index in [2.05, 4.69) is 66.8 Å². The number of rotatable bonds is 9. The van der Waals surface area contributed by atoms with Crippen molar-refractivity contribution in [3.05, 3.63) is 0 Å². The van der Waals surface area contributed by atoms with Gasteiger partial charge < -0.3 is 15.4 Å². The molecule has 1 atom stereocenters. The maximum Gasteiger partial charge on any atom is 0.191 e. The van der Waals surface area contributed by atoms with E-state index < -0.39 is 0 Å². The van der Waals surface area contributed by atoms with Crippen molar-refractivity contribution in [1.82, 2.24) is 20.4 Å². The Kier molecular flexibility index (Phi) is 9.70. The highest BCUT2D eigenvalue weighted by Crippen LogP contribution is 2.34. The van der Waals surface area contributed by atoms with Crippen LogP contribution in [0.3, 0.4) is 0 Å². The highest BCUT2D eigenvalue weighted by molar-refractivity contribution is 7.99. The van der Waals surface area contributed by atoms with Gasteiger partial charge in [-0.25, -0.2) is 0 Å². The molecule has 0 aromatic heterocycles. The average molecular weight is 400 g/mol. The van der Waals surface area contributed by atoms with E-state index in [1.54, 1.807) is 0 Å². The Morgan fingerprint density at radius 2 is 1.89 bits per heavy atom. The quantitative estimate of drug-likeness (QED) is 0.456.